The predicted molar refractivity (Wildman–Crippen MR) is 48.6 cm³/mol. The van der Waals surface area contributed by atoms with E-state index in [1.165, 1.54) is 0 Å². The minimum absolute atomic E-state index is 0.0524. The van der Waals surface area contributed by atoms with Gasteiger partial charge in [0.15, 0.2) is 0 Å². The lowest BCUT2D eigenvalue weighted by Crippen LogP contribution is -2.35. The van der Waals surface area contributed by atoms with Gasteiger partial charge < -0.3 is 14.8 Å². The van der Waals surface area contributed by atoms with Gasteiger partial charge in [0.05, 0.1) is 19.1 Å². The van der Waals surface area contributed by atoms with Crippen molar-refractivity contribution in [2.45, 2.75) is 13.3 Å². The number of amides is 1. The zero-order valence-electron chi connectivity index (χ0n) is 8.25. The molecular weight excluding hydrogens is 186 g/mol. The molecule has 1 rings (SSSR count). The number of ether oxygens (including phenoxy) is 2. The van der Waals surface area contributed by atoms with Gasteiger partial charge in [0.1, 0.15) is 6.54 Å². The van der Waals surface area contributed by atoms with Crippen molar-refractivity contribution in [2.24, 2.45) is 5.92 Å². The van der Waals surface area contributed by atoms with E-state index in [1.807, 2.05) is 0 Å². The van der Waals surface area contributed by atoms with Gasteiger partial charge in [-0.1, -0.05) is 0 Å². The van der Waals surface area contributed by atoms with Gasteiger partial charge in [0.25, 0.3) is 0 Å². The molecule has 14 heavy (non-hydrogen) atoms. The highest BCUT2D eigenvalue weighted by Gasteiger charge is 2.23. The van der Waals surface area contributed by atoms with E-state index < -0.39 is 5.97 Å². The largest absolute Gasteiger partial charge is 0.465 e. The van der Waals surface area contributed by atoms with E-state index in [-0.39, 0.29) is 18.4 Å². The molecule has 1 amide bonds. The fourth-order valence-electron chi connectivity index (χ4n) is 1.26. The van der Waals surface area contributed by atoms with Crippen molar-refractivity contribution in [1.29, 1.82) is 0 Å². The van der Waals surface area contributed by atoms with Gasteiger partial charge in [0, 0.05) is 6.61 Å². The molecule has 1 fully saturated rings. The number of esters is 1. The lowest BCUT2D eigenvalue weighted by molar-refractivity contribution is -0.143. The van der Waals surface area contributed by atoms with Crippen molar-refractivity contribution in [3.8, 4) is 0 Å². The number of hydrogen-bond acceptors (Lipinski definition) is 4. The van der Waals surface area contributed by atoms with Gasteiger partial charge in [-0.05, 0) is 13.3 Å². The molecule has 80 valence electrons. The third-order valence-electron chi connectivity index (χ3n) is 2.01. The Morgan fingerprint density at radius 3 is 2.93 bits per heavy atom. The van der Waals surface area contributed by atoms with Crippen LogP contribution < -0.4 is 5.32 Å². The van der Waals surface area contributed by atoms with Crippen LogP contribution in [0.25, 0.3) is 0 Å². The average molecular weight is 201 g/mol. The highest BCUT2D eigenvalue weighted by molar-refractivity contribution is 5.83. The standard InChI is InChI=1S/C9H15NO4/c1-2-14-8(11)5-10-9(12)7-3-4-13-6-7/h7H,2-6H2,1H3,(H,10,12). The van der Waals surface area contributed by atoms with E-state index >= 15 is 0 Å². The van der Waals surface area contributed by atoms with E-state index in [1.54, 1.807) is 6.92 Å². The summed E-state index contributed by atoms with van der Waals surface area (Å²) in [6.45, 7) is 3.08. The topological polar surface area (TPSA) is 64.6 Å². The van der Waals surface area contributed by atoms with Crippen molar-refractivity contribution in [1.82, 2.24) is 5.32 Å². The maximum Gasteiger partial charge on any atom is 0.325 e. The van der Waals surface area contributed by atoms with E-state index in [9.17, 15) is 9.59 Å². The molecule has 1 unspecified atom stereocenters. The van der Waals surface area contributed by atoms with Crippen LogP contribution >= 0.6 is 0 Å². The first-order valence-corrected chi connectivity index (χ1v) is 4.75. The quantitative estimate of drug-likeness (QED) is 0.634. The fourth-order valence-corrected chi connectivity index (χ4v) is 1.26. The Bertz CT molecular complexity index is 211. The number of nitrogens with one attached hydrogen (secondary N) is 1. The highest BCUT2D eigenvalue weighted by atomic mass is 16.5. The Balaban J connectivity index is 2.17. The first-order chi connectivity index (χ1) is 6.74. The van der Waals surface area contributed by atoms with Crippen LogP contribution in [0.1, 0.15) is 13.3 Å². The summed E-state index contributed by atoms with van der Waals surface area (Å²) in [5, 5.41) is 2.52. The summed E-state index contributed by atoms with van der Waals surface area (Å²) in [5.74, 6) is -0.639. The van der Waals surface area contributed by atoms with Gasteiger partial charge in [-0.2, -0.15) is 0 Å². The van der Waals surface area contributed by atoms with Gasteiger partial charge in [0.2, 0.25) is 5.91 Å². The zero-order chi connectivity index (χ0) is 10.4. The second-order valence-electron chi connectivity index (χ2n) is 3.08. The molecule has 0 saturated carbocycles. The fraction of sp³-hybridized carbons (Fsp3) is 0.778. The van der Waals surface area contributed by atoms with E-state index in [4.69, 9.17) is 4.74 Å². The Hall–Kier alpha value is -1.10. The summed E-state index contributed by atoms with van der Waals surface area (Å²) in [6.07, 6.45) is 0.731. The normalized spacial score (nSPS) is 20.5. The molecule has 0 radical (unpaired) electrons. The van der Waals surface area contributed by atoms with Crippen molar-refractivity contribution in [2.75, 3.05) is 26.4 Å². The summed E-state index contributed by atoms with van der Waals surface area (Å²) in [4.78, 5) is 22.2. The molecule has 0 aromatic heterocycles. The highest BCUT2D eigenvalue weighted by Crippen LogP contribution is 2.11. The van der Waals surface area contributed by atoms with Gasteiger partial charge in [-0.25, -0.2) is 0 Å². The minimum Gasteiger partial charge on any atom is -0.465 e. The SMILES string of the molecule is CCOC(=O)CNC(=O)C1CCOC1. The molecule has 5 heteroatoms. The molecule has 1 aliphatic heterocycles. The average Bonchev–Trinajstić information content (AvgIpc) is 2.67. The summed E-state index contributed by atoms with van der Waals surface area (Å²) in [7, 11) is 0. The monoisotopic (exact) mass is 201 g/mol. The Morgan fingerprint density at radius 2 is 2.36 bits per heavy atom. The summed E-state index contributed by atoms with van der Waals surface area (Å²) in [6, 6.07) is 0. The maximum absolute atomic E-state index is 11.4. The van der Waals surface area contributed by atoms with E-state index in [0.717, 1.165) is 6.42 Å². The number of rotatable bonds is 4. The summed E-state index contributed by atoms with van der Waals surface area (Å²) < 4.78 is 9.73. The number of carbonyl (C=O) groups excluding carboxylic acids is 2. The predicted octanol–water partition coefficient (Wildman–Crippen LogP) is -0.298. The lowest BCUT2D eigenvalue weighted by atomic mass is 10.1. The van der Waals surface area contributed by atoms with Gasteiger partial charge >= 0.3 is 5.97 Å². The molecule has 1 atom stereocenters. The number of carbonyl (C=O) groups is 2. The zero-order valence-corrected chi connectivity index (χ0v) is 8.25. The van der Waals surface area contributed by atoms with Crippen LogP contribution in [0.4, 0.5) is 0 Å². The molecule has 1 N–H and O–H groups in total. The molecule has 0 aliphatic carbocycles. The molecule has 1 saturated heterocycles. The molecule has 1 heterocycles. The first kappa shape index (κ1) is 11.0. The Labute approximate surface area is 82.8 Å². The van der Waals surface area contributed by atoms with Gasteiger partial charge in [-0.15, -0.1) is 0 Å². The van der Waals surface area contributed by atoms with Crippen LogP contribution in [0, 0.1) is 5.92 Å². The smallest absolute Gasteiger partial charge is 0.325 e. The summed E-state index contributed by atoms with van der Waals surface area (Å²) in [5.41, 5.74) is 0. The lowest BCUT2D eigenvalue weighted by Gasteiger charge is -2.08. The molecular formula is C9H15NO4. The van der Waals surface area contributed by atoms with Crippen LogP contribution in [-0.4, -0.2) is 38.2 Å². The Kier molecular flexibility index (Phi) is 4.39. The third kappa shape index (κ3) is 3.33. The third-order valence-corrected chi connectivity index (χ3v) is 2.01. The van der Waals surface area contributed by atoms with Crippen LogP contribution in [-0.2, 0) is 19.1 Å². The van der Waals surface area contributed by atoms with Crippen LogP contribution in [0.5, 0.6) is 0 Å². The molecule has 0 spiro atoms. The van der Waals surface area contributed by atoms with E-state index in [2.05, 4.69) is 10.1 Å². The molecule has 0 bridgehead atoms. The maximum atomic E-state index is 11.4. The first-order valence-electron chi connectivity index (χ1n) is 4.75. The summed E-state index contributed by atoms with van der Waals surface area (Å²) >= 11 is 0. The minimum atomic E-state index is -0.403. The second-order valence-corrected chi connectivity index (χ2v) is 3.08. The Morgan fingerprint density at radius 1 is 1.57 bits per heavy atom. The molecule has 0 aromatic rings. The van der Waals surface area contributed by atoms with Crippen molar-refractivity contribution in [3.63, 3.8) is 0 Å². The van der Waals surface area contributed by atoms with Crippen molar-refractivity contribution in [3.05, 3.63) is 0 Å². The van der Waals surface area contributed by atoms with Crippen LogP contribution in [0.3, 0.4) is 0 Å². The molecule has 0 aromatic carbocycles. The second kappa shape index (κ2) is 5.59. The van der Waals surface area contributed by atoms with E-state index in [0.29, 0.717) is 19.8 Å². The van der Waals surface area contributed by atoms with Crippen molar-refractivity contribution < 1.29 is 19.1 Å². The van der Waals surface area contributed by atoms with Crippen molar-refractivity contribution >= 4 is 11.9 Å². The number of hydrogen-bond donors (Lipinski definition) is 1. The molecule has 5 nitrogen and oxygen atoms in total. The molecule has 1 aliphatic rings. The van der Waals surface area contributed by atoms with Crippen LogP contribution in [0.15, 0.2) is 0 Å². The van der Waals surface area contributed by atoms with Crippen LogP contribution in [0.2, 0.25) is 0 Å². The van der Waals surface area contributed by atoms with Gasteiger partial charge in [-0.3, -0.25) is 9.59 Å².